The summed E-state index contributed by atoms with van der Waals surface area (Å²) in [5, 5.41) is 34.2. The third-order valence-electron chi connectivity index (χ3n) is 12.9. The fraction of sp³-hybridized carbons (Fsp3) is 0.946. The molecule has 0 radical (unpaired) electrons. The van der Waals surface area contributed by atoms with E-state index in [9.17, 15) is 10.2 Å². The second-order valence-corrected chi connectivity index (χ2v) is 16.2. The third kappa shape index (κ3) is 7.91. The zero-order valence-electron chi connectivity index (χ0n) is 28.7. The van der Waals surface area contributed by atoms with Crippen LogP contribution in [-0.4, -0.2) is 67.2 Å². The Balaban J connectivity index is 1.38. The van der Waals surface area contributed by atoms with Crippen molar-refractivity contribution < 1.29 is 10.2 Å². The first-order valence-corrected chi connectivity index (χ1v) is 18.5. The molecule has 4 aliphatic carbocycles. The predicted molar refractivity (Wildman–Crippen MR) is 181 cm³/mol. The highest BCUT2D eigenvalue weighted by atomic mass is 16.3. The Morgan fingerprint density at radius 3 is 2.23 bits per heavy atom. The number of hydrogen-bond donors (Lipinski definition) is 6. The van der Waals surface area contributed by atoms with Crippen LogP contribution in [0.2, 0.25) is 0 Å². The van der Waals surface area contributed by atoms with Gasteiger partial charge in [0.2, 0.25) is 0 Å². The first-order chi connectivity index (χ1) is 20.6. The van der Waals surface area contributed by atoms with Crippen molar-refractivity contribution in [2.45, 2.75) is 142 Å². The van der Waals surface area contributed by atoms with Crippen LogP contribution < -0.4 is 21.7 Å². The molecule has 43 heavy (non-hydrogen) atoms. The van der Waals surface area contributed by atoms with Gasteiger partial charge in [-0.2, -0.15) is 0 Å². The molecule has 0 saturated heterocycles. The summed E-state index contributed by atoms with van der Waals surface area (Å²) in [5.41, 5.74) is 6.55. The van der Waals surface area contributed by atoms with E-state index in [1.807, 2.05) is 0 Å². The molecule has 3 saturated carbocycles. The molecule has 4 rings (SSSR count). The SMILES string of the molecule is CC(C)CCC[C@@H](C)[C@H]1CC[C@H]2C3=CC(NCCCNCCCCNCCCN)C4(O)CC(O)CC[C@]4(C)[C@H]3CC[C@]12C. The topological polar surface area (TPSA) is 103 Å². The van der Waals surface area contributed by atoms with Crippen LogP contribution in [0, 0.1) is 40.4 Å². The third-order valence-corrected chi connectivity index (χ3v) is 12.9. The van der Waals surface area contributed by atoms with E-state index in [0.717, 1.165) is 82.7 Å². The summed E-state index contributed by atoms with van der Waals surface area (Å²) in [4.78, 5) is 0. The molecule has 0 bridgehead atoms. The van der Waals surface area contributed by atoms with Crippen molar-refractivity contribution in [2.24, 2.45) is 46.2 Å². The van der Waals surface area contributed by atoms with Gasteiger partial charge in [0.15, 0.2) is 0 Å². The molecule has 250 valence electrons. The largest absolute Gasteiger partial charge is 0.393 e. The van der Waals surface area contributed by atoms with Crippen molar-refractivity contribution in [1.29, 1.82) is 0 Å². The maximum absolute atomic E-state index is 12.5. The lowest BCUT2D eigenvalue weighted by molar-refractivity contribution is -0.181. The van der Waals surface area contributed by atoms with Crippen LogP contribution in [0.15, 0.2) is 11.6 Å². The van der Waals surface area contributed by atoms with Gasteiger partial charge < -0.3 is 31.9 Å². The molecule has 9 atom stereocenters. The van der Waals surface area contributed by atoms with Gasteiger partial charge in [-0.1, -0.05) is 65.5 Å². The smallest absolute Gasteiger partial charge is 0.0919 e. The van der Waals surface area contributed by atoms with E-state index < -0.39 is 11.7 Å². The summed E-state index contributed by atoms with van der Waals surface area (Å²) in [6.07, 6.45) is 18.1. The average Bonchev–Trinajstić information content (AvgIpc) is 3.32. The minimum Gasteiger partial charge on any atom is -0.393 e. The van der Waals surface area contributed by atoms with Crippen molar-refractivity contribution in [2.75, 3.05) is 39.3 Å². The van der Waals surface area contributed by atoms with Gasteiger partial charge in [-0.05, 0) is 138 Å². The van der Waals surface area contributed by atoms with Crippen LogP contribution >= 0.6 is 0 Å². The molecule has 6 heteroatoms. The minimum absolute atomic E-state index is 0.0804. The van der Waals surface area contributed by atoms with Gasteiger partial charge in [0.25, 0.3) is 0 Å². The van der Waals surface area contributed by atoms with Crippen LogP contribution in [0.4, 0.5) is 0 Å². The fourth-order valence-corrected chi connectivity index (χ4v) is 10.3. The van der Waals surface area contributed by atoms with E-state index >= 15 is 0 Å². The summed E-state index contributed by atoms with van der Waals surface area (Å²) in [7, 11) is 0. The van der Waals surface area contributed by atoms with Gasteiger partial charge in [0, 0.05) is 11.8 Å². The van der Waals surface area contributed by atoms with Crippen molar-refractivity contribution >= 4 is 0 Å². The van der Waals surface area contributed by atoms with E-state index in [1.54, 1.807) is 5.57 Å². The average molecular weight is 603 g/mol. The number of aliphatic hydroxyl groups excluding tert-OH is 1. The second kappa shape index (κ2) is 15.9. The quantitative estimate of drug-likeness (QED) is 0.0880. The number of hydrogen-bond acceptors (Lipinski definition) is 6. The lowest BCUT2D eigenvalue weighted by atomic mass is 9.45. The highest BCUT2D eigenvalue weighted by molar-refractivity contribution is 5.34. The maximum Gasteiger partial charge on any atom is 0.0919 e. The van der Waals surface area contributed by atoms with Crippen LogP contribution in [-0.2, 0) is 0 Å². The Bertz CT molecular complexity index is 881. The van der Waals surface area contributed by atoms with Crippen molar-refractivity contribution in [3.05, 3.63) is 11.6 Å². The van der Waals surface area contributed by atoms with Gasteiger partial charge in [0.05, 0.1) is 17.7 Å². The van der Waals surface area contributed by atoms with Crippen LogP contribution in [0.25, 0.3) is 0 Å². The lowest BCUT2D eigenvalue weighted by Gasteiger charge is -2.63. The molecule has 0 amide bonds. The zero-order valence-corrected chi connectivity index (χ0v) is 28.7. The lowest BCUT2D eigenvalue weighted by Crippen LogP contribution is -2.68. The molecule has 0 aromatic rings. The van der Waals surface area contributed by atoms with Crippen LogP contribution in [0.3, 0.4) is 0 Å². The van der Waals surface area contributed by atoms with Gasteiger partial charge in [0.1, 0.15) is 0 Å². The minimum atomic E-state index is -0.890. The van der Waals surface area contributed by atoms with E-state index in [1.165, 1.54) is 57.8 Å². The zero-order chi connectivity index (χ0) is 31.1. The molecular weight excluding hydrogens is 532 g/mol. The molecule has 0 heterocycles. The first-order valence-electron chi connectivity index (χ1n) is 18.5. The van der Waals surface area contributed by atoms with Crippen LogP contribution in [0.5, 0.6) is 0 Å². The van der Waals surface area contributed by atoms with E-state index in [2.05, 4.69) is 56.6 Å². The monoisotopic (exact) mass is 603 g/mol. The Morgan fingerprint density at radius 1 is 0.837 bits per heavy atom. The van der Waals surface area contributed by atoms with Crippen molar-refractivity contribution in [1.82, 2.24) is 16.0 Å². The molecule has 3 unspecified atom stereocenters. The second-order valence-electron chi connectivity index (χ2n) is 16.2. The normalized spacial score (nSPS) is 38.0. The first kappa shape index (κ1) is 35.4. The molecule has 0 aromatic heterocycles. The Labute approximate surface area is 265 Å². The number of rotatable bonds is 18. The van der Waals surface area contributed by atoms with Crippen molar-refractivity contribution in [3.8, 4) is 0 Å². The predicted octanol–water partition coefficient (Wildman–Crippen LogP) is 5.77. The number of fused-ring (bicyclic) bond motifs is 5. The molecule has 7 N–H and O–H groups in total. The van der Waals surface area contributed by atoms with Gasteiger partial charge in [-0.25, -0.2) is 0 Å². The van der Waals surface area contributed by atoms with E-state index in [0.29, 0.717) is 23.7 Å². The maximum atomic E-state index is 12.5. The van der Waals surface area contributed by atoms with Crippen molar-refractivity contribution in [3.63, 3.8) is 0 Å². The molecule has 0 aliphatic heterocycles. The number of nitrogens with one attached hydrogen (secondary N) is 3. The van der Waals surface area contributed by atoms with Gasteiger partial charge in [-0.3, -0.25) is 0 Å². The molecule has 4 aliphatic rings. The number of aliphatic hydroxyl groups is 2. The standard InChI is InChI=1S/C37H70N4O2/c1-27(2)11-8-12-28(3)31-13-14-32-30-25-34(41-24-10-23-40-21-7-6-20-39-22-9-19-38)37(43)26-29(42)15-18-36(37,5)33(30)16-17-35(31,32)4/h25,27-29,31-34,39-43H,6-24,26,38H2,1-5H3/t28-,29?,31-,32+,33+,34?,35-,36-,37?/m1/s1. The summed E-state index contributed by atoms with van der Waals surface area (Å²) in [6.45, 7) is 18.0. The summed E-state index contributed by atoms with van der Waals surface area (Å²) >= 11 is 0. The molecule has 6 nitrogen and oxygen atoms in total. The summed E-state index contributed by atoms with van der Waals surface area (Å²) in [5.74, 6) is 3.50. The number of nitrogens with two attached hydrogens (primary N) is 1. The number of allylic oxidation sites excluding steroid dienone is 1. The molecular formula is C37H70N4O2. The van der Waals surface area contributed by atoms with Gasteiger partial charge in [-0.15, -0.1) is 0 Å². The molecule has 0 aromatic carbocycles. The highest BCUT2D eigenvalue weighted by Crippen LogP contribution is 2.67. The summed E-state index contributed by atoms with van der Waals surface area (Å²) in [6, 6.07) is -0.0804. The van der Waals surface area contributed by atoms with Gasteiger partial charge >= 0.3 is 0 Å². The van der Waals surface area contributed by atoms with E-state index in [-0.39, 0.29) is 11.5 Å². The fourth-order valence-electron chi connectivity index (χ4n) is 10.3. The molecule has 0 spiro atoms. The molecule has 3 fully saturated rings. The van der Waals surface area contributed by atoms with Crippen LogP contribution in [0.1, 0.15) is 125 Å². The Morgan fingerprint density at radius 2 is 1.53 bits per heavy atom. The Hall–Kier alpha value is -0.500. The summed E-state index contributed by atoms with van der Waals surface area (Å²) < 4.78 is 0. The number of unbranched alkanes of at least 4 members (excludes halogenated alkanes) is 1. The highest BCUT2D eigenvalue weighted by Gasteiger charge is 2.64. The Kier molecular flexibility index (Phi) is 13.0. The van der Waals surface area contributed by atoms with E-state index in [4.69, 9.17) is 5.73 Å².